The van der Waals surface area contributed by atoms with Gasteiger partial charge in [-0.25, -0.2) is 0 Å². The first-order valence-corrected chi connectivity index (χ1v) is 8.11. The Morgan fingerprint density at radius 1 is 1.40 bits per heavy atom. The molecule has 1 aliphatic heterocycles. The number of halogens is 1. The molecule has 0 radical (unpaired) electrons. The number of pyridine rings is 1. The number of ether oxygens (including phenoxy) is 1. The highest BCUT2D eigenvalue weighted by Crippen LogP contribution is 2.25. The Morgan fingerprint density at radius 3 is 2.80 bits per heavy atom. The van der Waals surface area contributed by atoms with Gasteiger partial charge >= 0.3 is 0 Å². The summed E-state index contributed by atoms with van der Waals surface area (Å²) in [5, 5.41) is 11.6. The average Bonchev–Trinajstić information content (AvgIpc) is 2.62. The second-order valence-electron chi connectivity index (χ2n) is 5.75. The predicted molar refractivity (Wildman–Crippen MR) is 91.7 cm³/mol. The average molecular weight is 362 g/mol. The van der Waals surface area contributed by atoms with Crippen LogP contribution in [0.2, 0.25) is 5.02 Å². The van der Waals surface area contributed by atoms with Gasteiger partial charge in [0, 0.05) is 17.6 Å². The molecule has 1 aromatic carbocycles. The second-order valence-corrected chi connectivity index (χ2v) is 6.18. The smallest absolute Gasteiger partial charge is 0.288 e. The van der Waals surface area contributed by atoms with Crippen LogP contribution in [0.4, 0.5) is 5.69 Å². The Hall–Kier alpha value is -2.51. The monoisotopic (exact) mass is 361 g/mol. The van der Waals surface area contributed by atoms with Crippen LogP contribution < -0.4 is 0 Å². The molecule has 1 saturated heterocycles. The van der Waals surface area contributed by atoms with Gasteiger partial charge in [0.1, 0.15) is 12.3 Å². The Labute approximate surface area is 149 Å². The van der Waals surface area contributed by atoms with Crippen LogP contribution in [-0.2, 0) is 4.74 Å². The topological polar surface area (TPSA) is 85.6 Å². The van der Waals surface area contributed by atoms with Crippen LogP contribution >= 0.6 is 11.6 Å². The first-order chi connectivity index (χ1) is 12.0. The van der Waals surface area contributed by atoms with E-state index in [2.05, 4.69) is 4.98 Å². The van der Waals surface area contributed by atoms with E-state index in [1.54, 1.807) is 24.0 Å². The van der Waals surface area contributed by atoms with E-state index >= 15 is 0 Å². The zero-order valence-electron chi connectivity index (χ0n) is 13.5. The molecule has 3 rings (SSSR count). The van der Waals surface area contributed by atoms with Crippen molar-refractivity contribution in [1.29, 1.82) is 0 Å². The lowest BCUT2D eigenvalue weighted by Gasteiger charge is -2.33. The lowest BCUT2D eigenvalue weighted by atomic mass is 10.1. The fraction of sp³-hybridized carbons (Fsp3) is 0.294. The molecular formula is C17H16ClN3O4. The van der Waals surface area contributed by atoms with Gasteiger partial charge in [-0.3, -0.25) is 19.9 Å². The first-order valence-electron chi connectivity index (χ1n) is 7.73. The van der Waals surface area contributed by atoms with Gasteiger partial charge in [-0.2, -0.15) is 0 Å². The second kappa shape index (κ2) is 7.16. The molecule has 1 amide bonds. The molecule has 1 unspecified atom stereocenters. The molecule has 130 valence electrons. The lowest BCUT2D eigenvalue weighted by molar-refractivity contribution is -0.385. The maximum absolute atomic E-state index is 12.8. The van der Waals surface area contributed by atoms with Crippen molar-refractivity contribution in [3.05, 3.63) is 68.5 Å². The Kier molecular flexibility index (Phi) is 4.96. The highest BCUT2D eigenvalue weighted by Gasteiger charge is 2.28. The largest absolute Gasteiger partial charge is 0.370 e. The number of rotatable bonds is 3. The minimum absolute atomic E-state index is 0.198. The molecule has 25 heavy (non-hydrogen) atoms. The van der Waals surface area contributed by atoms with E-state index in [9.17, 15) is 14.9 Å². The van der Waals surface area contributed by atoms with Crippen molar-refractivity contribution in [2.24, 2.45) is 0 Å². The fourth-order valence-electron chi connectivity index (χ4n) is 2.72. The summed E-state index contributed by atoms with van der Waals surface area (Å²) in [4.78, 5) is 28.8. The number of benzene rings is 1. The van der Waals surface area contributed by atoms with Crippen molar-refractivity contribution in [1.82, 2.24) is 9.88 Å². The number of nitro groups is 1. The van der Waals surface area contributed by atoms with Crippen molar-refractivity contribution in [2.45, 2.75) is 13.0 Å². The minimum Gasteiger partial charge on any atom is -0.370 e. The summed E-state index contributed by atoms with van der Waals surface area (Å²) in [6.07, 6.45) is 0.893. The zero-order valence-corrected chi connectivity index (χ0v) is 14.3. The zero-order chi connectivity index (χ0) is 18.0. The lowest BCUT2D eigenvalue weighted by Crippen LogP contribution is -2.42. The fourth-order valence-corrected chi connectivity index (χ4v) is 2.85. The molecule has 1 atom stereocenters. The van der Waals surface area contributed by atoms with Crippen molar-refractivity contribution in [2.75, 3.05) is 19.7 Å². The van der Waals surface area contributed by atoms with Crippen LogP contribution in [0.1, 0.15) is 27.7 Å². The molecule has 2 aromatic rings. The molecule has 2 heterocycles. The van der Waals surface area contributed by atoms with Crippen molar-refractivity contribution in [3.63, 3.8) is 0 Å². The summed E-state index contributed by atoms with van der Waals surface area (Å²) < 4.78 is 5.75. The van der Waals surface area contributed by atoms with Crippen molar-refractivity contribution >= 4 is 23.2 Å². The quantitative estimate of drug-likeness (QED) is 0.619. The number of aryl methyl sites for hydroxylation is 1. The maximum Gasteiger partial charge on any atom is 0.288 e. The molecular weight excluding hydrogens is 346 g/mol. The van der Waals surface area contributed by atoms with E-state index < -0.39 is 4.92 Å². The van der Waals surface area contributed by atoms with Crippen molar-refractivity contribution in [3.8, 4) is 0 Å². The summed E-state index contributed by atoms with van der Waals surface area (Å²) in [5.74, 6) is -0.282. The van der Waals surface area contributed by atoms with Gasteiger partial charge < -0.3 is 9.64 Å². The van der Waals surface area contributed by atoms with Gasteiger partial charge in [-0.1, -0.05) is 23.7 Å². The third-order valence-corrected chi connectivity index (χ3v) is 4.36. The highest BCUT2D eigenvalue weighted by molar-refractivity contribution is 6.30. The number of morpholine rings is 1. The summed E-state index contributed by atoms with van der Waals surface area (Å²) >= 11 is 5.90. The Morgan fingerprint density at radius 2 is 2.12 bits per heavy atom. The van der Waals surface area contributed by atoms with Crippen LogP contribution in [0.25, 0.3) is 0 Å². The molecule has 1 aromatic heterocycles. The molecule has 1 aliphatic rings. The van der Waals surface area contributed by atoms with Crippen LogP contribution in [0.15, 0.2) is 36.5 Å². The summed E-state index contributed by atoms with van der Waals surface area (Å²) in [6, 6.07) is 8.55. The van der Waals surface area contributed by atoms with Crippen LogP contribution in [-0.4, -0.2) is 40.4 Å². The minimum atomic E-state index is -0.556. The molecule has 0 bridgehead atoms. The number of aromatic nitrogens is 1. The van der Waals surface area contributed by atoms with Crippen LogP contribution in [0, 0.1) is 17.0 Å². The maximum atomic E-state index is 12.8. The van der Waals surface area contributed by atoms with Gasteiger partial charge in [0.25, 0.3) is 11.6 Å². The van der Waals surface area contributed by atoms with Gasteiger partial charge in [0.2, 0.25) is 0 Å². The van der Waals surface area contributed by atoms with Gasteiger partial charge in [-0.05, 0) is 24.6 Å². The number of nitrogens with zero attached hydrogens (tertiary/aromatic N) is 3. The Bertz CT molecular complexity index is 810. The summed E-state index contributed by atoms with van der Waals surface area (Å²) in [6.45, 7) is 2.84. The number of hydrogen-bond acceptors (Lipinski definition) is 5. The Balaban J connectivity index is 1.81. The molecule has 0 N–H and O–H groups in total. The third-order valence-electron chi connectivity index (χ3n) is 4.11. The van der Waals surface area contributed by atoms with Gasteiger partial charge in [0.05, 0.1) is 29.3 Å². The number of amides is 1. The van der Waals surface area contributed by atoms with E-state index in [0.717, 1.165) is 11.8 Å². The molecule has 0 spiro atoms. The molecule has 8 heteroatoms. The third kappa shape index (κ3) is 3.78. The van der Waals surface area contributed by atoms with Crippen LogP contribution in [0.3, 0.4) is 0 Å². The SMILES string of the molecule is Cc1ncc([N+](=O)[O-])cc1C(=O)N1CCOC(c2ccc(Cl)cc2)C1. The number of carbonyl (C=O) groups excluding carboxylic acids is 1. The number of hydrogen-bond donors (Lipinski definition) is 0. The molecule has 0 saturated carbocycles. The van der Waals surface area contributed by atoms with Crippen molar-refractivity contribution < 1.29 is 14.5 Å². The molecule has 0 aliphatic carbocycles. The standard InChI is InChI=1S/C17H16ClN3O4/c1-11-15(8-14(9-19-11)21(23)24)17(22)20-6-7-25-16(10-20)12-2-4-13(18)5-3-12/h2-5,8-9,16H,6-7,10H2,1H3. The van der Waals surface area contributed by atoms with Gasteiger partial charge in [0.15, 0.2) is 0 Å². The van der Waals surface area contributed by atoms with E-state index in [-0.39, 0.29) is 23.3 Å². The van der Waals surface area contributed by atoms with Gasteiger partial charge in [-0.15, -0.1) is 0 Å². The summed E-state index contributed by atoms with van der Waals surface area (Å²) in [5.41, 5.74) is 1.43. The van der Waals surface area contributed by atoms with E-state index in [4.69, 9.17) is 16.3 Å². The number of carbonyl (C=O) groups is 1. The van der Waals surface area contributed by atoms with Crippen LogP contribution in [0.5, 0.6) is 0 Å². The first kappa shape index (κ1) is 17.3. The summed E-state index contributed by atoms with van der Waals surface area (Å²) in [7, 11) is 0. The molecule has 1 fully saturated rings. The van der Waals surface area contributed by atoms with E-state index in [1.807, 2.05) is 12.1 Å². The normalized spacial score (nSPS) is 17.4. The highest BCUT2D eigenvalue weighted by atomic mass is 35.5. The molecule has 7 nitrogen and oxygen atoms in total. The van der Waals surface area contributed by atoms with E-state index in [1.165, 1.54) is 6.07 Å². The van der Waals surface area contributed by atoms with E-state index in [0.29, 0.717) is 30.4 Å². The predicted octanol–water partition coefficient (Wildman–Crippen LogP) is 3.17.